The fourth-order valence-electron chi connectivity index (χ4n) is 2.41. The number of benzene rings is 1. The maximum absolute atomic E-state index is 11.5. The zero-order valence-electron chi connectivity index (χ0n) is 10.0. The molecular weight excluding hydrogens is 230 g/mol. The summed E-state index contributed by atoms with van der Waals surface area (Å²) in [6.45, 7) is 2.29. The van der Waals surface area contributed by atoms with Gasteiger partial charge < -0.3 is 15.2 Å². The van der Waals surface area contributed by atoms with E-state index in [1.54, 1.807) is 17.9 Å². The summed E-state index contributed by atoms with van der Waals surface area (Å²) in [7, 11) is 0. The second-order valence-electron chi connectivity index (χ2n) is 4.34. The van der Waals surface area contributed by atoms with Crippen molar-refractivity contribution in [3.63, 3.8) is 0 Å². The maximum atomic E-state index is 11.5. The highest BCUT2D eigenvalue weighted by Crippen LogP contribution is 2.36. The largest absolute Gasteiger partial charge is 0.381 e. The van der Waals surface area contributed by atoms with Gasteiger partial charge in [0.25, 0.3) is 0 Å². The number of hydrogen-bond donors (Lipinski definition) is 1. The number of aromatic nitrogens is 1. The molecule has 1 aliphatic heterocycles. The van der Waals surface area contributed by atoms with Crippen LogP contribution in [0.3, 0.4) is 0 Å². The summed E-state index contributed by atoms with van der Waals surface area (Å²) in [4.78, 5) is 13.3. The second kappa shape index (κ2) is 3.87. The van der Waals surface area contributed by atoms with Crippen LogP contribution in [0.4, 0.5) is 11.5 Å². The molecule has 0 atom stereocenters. The van der Waals surface area contributed by atoms with E-state index >= 15 is 0 Å². The Morgan fingerprint density at radius 2 is 2.33 bits per heavy atom. The first-order valence-electron chi connectivity index (χ1n) is 5.79. The van der Waals surface area contributed by atoms with E-state index in [2.05, 4.69) is 5.16 Å². The lowest BCUT2D eigenvalue weighted by molar-refractivity contribution is -0.116. The molecule has 1 aromatic heterocycles. The SMILES string of the molecule is CC(=O)N1CCc2c(-c3cc(N)no3)cccc21. The molecule has 1 aromatic carbocycles. The lowest BCUT2D eigenvalue weighted by Gasteiger charge is -2.14. The van der Waals surface area contributed by atoms with Crippen molar-refractivity contribution in [1.29, 1.82) is 0 Å². The fourth-order valence-corrected chi connectivity index (χ4v) is 2.41. The Bertz CT molecular complexity index is 618. The summed E-state index contributed by atoms with van der Waals surface area (Å²) >= 11 is 0. The standard InChI is InChI=1S/C13H13N3O2/c1-8(17)16-6-5-9-10(3-2-4-11(9)16)12-7-13(14)15-18-12/h2-4,7H,5-6H2,1H3,(H2,14,15). The molecule has 0 unspecified atom stereocenters. The van der Waals surface area contributed by atoms with Gasteiger partial charge in [-0.1, -0.05) is 17.3 Å². The van der Waals surface area contributed by atoms with Gasteiger partial charge in [0.2, 0.25) is 5.91 Å². The molecule has 5 heteroatoms. The Kier molecular flexibility index (Phi) is 2.33. The number of fused-ring (bicyclic) bond motifs is 1. The van der Waals surface area contributed by atoms with Gasteiger partial charge >= 0.3 is 0 Å². The van der Waals surface area contributed by atoms with Crippen LogP contribution in [0.2, 0.25) is 0 Å². The molecule has 0 aliphatic carbocycles. The van der Waals surface area contributed by atoms with E-state index in [-0.39, 0.29) is 5.91 Å². The molecule has 2 N–H and O–H groups in total. The molecule has 0 fully saturated rings. The van der Waals surface area contributed by atoms with Gasteiger partial charge in [-0.15, -0.1) is 0 Å². The molecule has 1 amide bonds. The van der Waals surface area contributed by atoms with Crippen molar-refractivity contribution < 1.29 is 9.32 Å². The summed E-state index contributed by atoms with van der Waals surface area (Å²) < 4.78 is 5.19. The van der Waals surface area contributed by atoms with Crippen molar-refractivity contribution in [3.8, 4) is 11.3 Å². The molecular formula is C13H13N3O2. The predicted octanol–water partition coefficient (Wildman–Crippen LogP) is 1.83. The monoisotopic (exact) mass is 243 g/mol. The van der Waals surface area contributed by atoms with Crippen LogP contribution in [0.25, 0.3) is 11.3 Å². The molecule has 3 rings (SSSR count). The Morgan fingerprint density at radius 1 is 1.50 bits per heavy atom. The minimum Gasteiger partial charge on any atom is -0.381 e. The van der Waals surface area contributed by atoms with Gasteiger partial charge in [-0.25, -0.2) is 0 Å². The molecule has 5 nitrogen and oxygen atoms in total. The first-order chi connectivity index (χ1) is 8.66. The van der Waals surface area contributed by atoms with Gasteiger partial charge in [0.15, 0.2) is 11.6 Å². The first-order valence-corrected chi connectivity index (χ1v) is 5.79. The van der Waals surface area contributed by atoms with Gasteiger partial charge in [-0.2, -0.15) is 0 Å². The van der Waals surface area contributed by atoms with Crippen LogP contribution >= 0.6 is 0 Å². The van der Waals surface area contributed by atoms with E-state index in [9.17, 15) is 4.79 Å². The zero-order chi connectivity index (χ0) is 12.7. The van der Waals surface area contributed by atoms with Crippen LogP contribution in [0.1, 0.15) is 12.5 Å². The van der Waals surface area contributed by atoms with Gasteiger partial charge in [0.1, 0.15) is 0 Å². The van der Waals surface area contributed by atoms with Crippen LogP contribution in [0, 0.1) is 0 Å². The van der Waals surface area contributed by atoms with Crippen LogP contribution in [-0.2, 0) is 11.2 Å². The lowest BCUT2D eigenvalue weighted by Crippen LogP contribution is -2.25. The van der Waals surface area contributed by atoms with Crippen molar-refractivity contribution in [1.82, 2.24) is 5.16 Å². The Balaban J connectivity index is 2.12. The molecule has 0 saturated heterocycles. The summed E-state index contributed by atoms with van der Waals surface area (Å²) in [6, 6.07) is 7.52. The second-order valence-corrected chi connectivity index (χ2v) is 4.34. The van der Waals surface area contributed by atoms with Crippen molar-refractivity contribution >= 4 is 17.4 Å². The molecule has 0 saturated carbocycles. The smallest absolute Gasteiger partial charge is 0.223 e. The molecule has 0 spiro atoms. The topological polar surface area (TPSA) is 72.4 Å². The van der Waals surface area contributed by atoms with Gasteiger partial charge in [-0.05, 0) is 18.1 Å². The molecule has 1 aliphatic rings. The average molecular weight is 243 g/mol. The number of nitrogens with two attached hydrogens (primary N) is 1. The molecule has 2 aromatic rings. The lowest BCUT2D eigenvalue weighted by atomic mass is 10.0. The normalized spacial score (nSPS) is 13.7. The van der Waals surface area contributed by atoms with Crippen LogP contribution in [-0.4, -0.2) is 17.6 Å². The van der Waals surface area contributed by atoms with Crippen LogP contribution in [0.15, 0.2) is 28.8 Å². The number of hydrogen-bond acceptors (Lipinski definition) is 4. The van der Waals surface area contributed by atoms with Gasteiger partial charge in [0, 0.05) is 30.8 Å². The Morgan fingerprint density at radius 3 is 3.00 bits per heavy atom. The third kappa shape index (κ3) is 1.55. The molecule has 0 bridgehead atoms. The van der Waals surface area contributed by atoms with E-state index < -0.39 is 0 Å². The first kappa shape index (κ1) is 10.8. The zero-order valence-corrected chi connectivity index (χ0v) is 10.0. The highest BCUT2D eigenvalue weighted by atomic mass is 16.5. The Hall–Kier alpha value is -2.30. The van der Waals surface area contributed by atoms with Crippen LogP contribution < -0.4 is 10.6 Å². The predicted molar refractivity (Wildman–Crippen MR) is 68.1 cm³/mol. The number of carbonyl (C=O) groups is 1. The molecule has 92 valence electrons. The third-order valence-corrected chi connectivity index (χ3v) is 3.20. The van der Waals surface area contributed by atoms with Crippen LogP contribution in [0.5, 0.6) is 0 Å². The van der Waals surface area contributed by atoms with Gasteiger partial charge in [-0.3, -0.25) is 4.79 Å². The maximum Gasteiger partial charge on any atom is 0.223 e. The number of nitrogens with zero attached hydrogens (tertiary/aromatic N) is 2. The van der Waals surface area contributed by atoms with Crippen molar-refractivity contribution in [3.05, 3.63) is 29.8 Å². The third-order valence-electron chi connectivity index (χ3n) is 3.20. The molecule has 18 heavy (non-hydrogen) atoms. The number of amides is 1. The Labute approximate surface area is 104 Å². The molecule has 2 heterocycles. The van der Waals surface area contributed by atoms with E-state index in [4.69, 9.17) is 10.3 Å². The quantitative estimate of drug-likeness (QED) is 0.829. The minimum absolute atomic E-state index is 0.0583. The number of carbonyl (C=O) groups excluding carboxylic acids is 1. The summed E-state index contributed by atoms with van der Waals surface area (Å²) in [5.74, 6) is 1.07. The fraction of sp³-hybridized carbons (Fsp3) is 0.231. The summed E-state index contributed by atoms with van der Waals surface area (Å²) in [5, 5.41) is 3.69. The van der Waals surface area contributed by atoms with Gasteiger partial charge in [0.05, 0.1) is 0 Å². The van der Waals surface area contributed by atoms with Crippen molar-refractivity contribution in [2.45, 2.75) is 13.3 Å². The number of rotatable bonds is 1. The van der Waals surface area contributed by atoms with E-state index in [0.717, 1.165) is 23.2 Å². The highest BCUT2D eigenvalue weighted by Gasteiger charge is 2.25. The highest BCUT2D eigenvalue weighted by molar-refractivity contribution is 5.95. The van der Waals surface area contributed by atoms with E-state index in [1.807, 2.05) is 18.2 Å². The summed E-state index contributed by atoms with van der Waals surface area (Å²) in [6.07, 6.45) is 0.825. The van der Waals surface area contributed by atoms with E-state index in [0.29, 0.717) is 18.1 Å². The minimum atomic E-state index is 0.0583. The van der Waals surface area contributed by atoms with Crippen molar-refractivity contribution in [2.75, 3.05) is 17.2 Å². The number of nitrogen functional groups attached to an aromatic ring is 1. The average Bonchev–Trinajstić information content (AvgIpc) is 2.94. The summed E-state index contributed by atoms with van der Waals surface area (Å²) in [5.41, 5.74) is 8.59. The van der Waals surface area contributed by atoms with E-state index in [1.165, 1.54) is 0 Å². The molecule has 0 radical (unpaired) electrons. The van der Waals surface area contributed by atoms with Crippen molar-refractivity contribution in [2.24, 2.45) is 0 Å². The number of anilines is 2.